The van der Waals surface area contributed by atoms with E-state index in [1.165, 1.54) is 17.7 Å². The number of H-pyrrole nitrogens is 1. The maximum atomic E-state index is 11.7. The number of carbonyl (C=O) groups is 1. The number of nitrogens with one attached hydrogen (secondary N) is 2. The van der Waals surface area contributed by atoms with Crippen LogP contribution in [-0.2, 0) is 17.6 Å². The first-order valence-corrected chi connectivity index (χ1v) is 13.2. The Morgan fingerprint density at radius 2 is 2.08 bits per heavy atom. The molecule has 3 N–H and O–H groups in total. The number of rotatable bonds is 9. The number of likely N-dealkylation sites (tertiary alicyclic amines) is 1. The number of aromatic amines is 1. The summed E-state index contributed by atoms with van der Waals surface area (Å²) in [5.74, 6) is 1.80. The van der Waals surface area contributed by atoms with Crippen LogP contribution in [0, 0.1) is 19.8 Å². The number of imidazole rings is 1. The van der Waals surface area contributed by atoms with Gasteiger partial charge in [0.1, 0.15) is 11.6 Å². The van der Waals surface area contributed by atoms with Gasteiger partial charge in [0.25, 0.3) is 0 Å². The SMILES string of the molecule is Cc1nc(C)c(-c2cccc(C(CC(=O)O)CN3CCC(CCc4ccc5c(n4)NCCC5)C3)c2)[nH]1.[NaH]. The second kappa shape index (κ2) is 12.6. The number of carboxylic acid groups (broad SMARTS) is 1. The Hall–Kier alpha value is -2.19. The van der Waals surface area contributed by atoms with Gasteiger partial charge in [-0.15, -0.1) is 0 Å². The van der Waals surface area contributed by atoms with E-state index in [2.05, 4.69) is 50.5 Å². The standard InChI is InChI=1S/C29H37N5O2.Na.H/c1-19-28(32-20(2)31-19)24-6-3-5-23(15-24)25(16-27(35)36)18-34-14-12-21(17-34)8-10-26-11-9-22-7-4-13-30-29(22)33-26;;/h3,5-6,9,11,15,21,25H,4,7-8,10,12-14,16-18H2,1-2H3,(H,30,33)(H,31,32)(H,35,36);;. The second-order valence-electron chi connectivity index (χ2n) is 10.5. The van der Waals surface area contributed by atoms with Crippen molar-refractivity contribution in [3.8, 4) is 11.3 Å². The summed E-state index contributed by atoms with van der Waals surface area (Å²) >= 11 is 0. The Bertz CT molecular complexity index is 1230. The van der Waals surface area contributed by atoms with Gasteiger partial charge in [-0.2, -0.15) is 0 Å². The molecule has 2 unspecified atom stereocenters. The van der Waals surface area contributed by atoms with Crippen LogP contribution in [0.4, 0.5) is 5.82 Å². The Balaban J connectivity index is 0.00000320. The number of fused-ring (bicyclic) bond motifs is 1. The summed E-state index contributed by atoms with van der Waals surface area (Å²) in [6, 6.07) is 12.7. The van der Waals surface area contributed by atoms with Crippen LogP contribution in [0.1, 0.15) is 59.9 Å². The molecule has 37 heavy (non-hydrogen) atoms. The van der Waals surface area contributed by atoms with E-state index in [1.807, 2.05) is 19.9 Å². The molecule has 7 nitrogen and oxygen atoms in total. The molecular weight excluding hydrogens is 473 g/mol. The average molecular weight is 512 g/mol. The molecule has 0 bridgehead atoms. The number of aliphatic carboxylic acids is 1. The Morgan fingerprint density at radius 3 is 2.86 bits per heavy atom. The molecule has 5 rings (SSSR count). The van der Waals surface area contributed by atoms with Gasteiger partial charge in [-0.05, 0) is 81.7 Å². The van der Waals surface area contributed by atoms with Crippen molar-refractivity contribution in [1.82, 2.24) is 19.9 Å². The van der Waals surface area contributed by atoms with Gasteiger partial charge in [0.05, 0.1) is 17.8 Å². The summed E-state index contributed by atoms with van der Waals surface area (Å²) in [7, 11) is 0. The number of pyridine rings is 1. The third-order valence-electron chi connectivity index (χ3n) is 7.68. The molecule has 2 atom stereocenters. The van der Waals surface area contributed by atoms with Crippen molar-refractivity contribution in [2.24, 2.45) is 5.92 Å². The molecule has 192 valence electrons. The van der Waals surface area contributed by atoms with Gasteiger partial charge in [-0.25, -0.2) is 9.97 Å². The van der Waals surface area contributed by atoms with Crippen LogP contribution >= 0.6 is 0 Å². The van der Waals surface area contributed by atoms with Gasteiger partial charge in [-0.3, -0.25) is 4.79 Å². The molecular formula is C29H38N5NaO2. The van der Waals surface area contributed by atoms with E-state index in [0.29, 0.717) is 5.92 Å². The van der Waals surface area contributed by atoms with Crippen molar-refractivity contribution in [1.29, 1.82) is 0 Å². The monoisotopic (exact) mass is 511 g/mol. The molecule has 2 aliphatic heterocycles. The van der Waals surface area contributed by atoms with Crippen molar-refractivity contribution in [2.75, 3.05) is 31.5 Å². The van der Waals surface area contributed by atoms with E-state index in [-0.39, 0.29) is 41.9 Å². The molecule has 0 radical (unpaired) electrons. The molecule has 1 aromatic carbocycles. The number of hydrogen-bond donors (Lipinski definition) is 3. The van der Waals surface area contributed by atoms with Gasteiger partial charge in [0, 0.05) is 36.8 Å². The zero-order valence-electron chi connectivity index (χ0n) is 21.4. The van der Waals surface area contributed by atoms with Crippen molar-refractivity contribution in [3.05, 3.63) is 64.7 Å². The third kappa shape index (κ3) is 7.02. The molecule has 0 spiro atoms. The van der Waals surface area contributed by atoms with Crippen LogP contribution in [0.15, 0.2) is 36.4 Å². The van der Waals surface area contributed by atoms with E-state index in [4.69, 9.17) is 4.98 Å². The van der Waals surface area contributed by atoms with Gasteiger partial charge in [0.2, 0.25) is 0 Å². The second-order valence-corrected chi connectivity index (χ2v) is 10.5. The Labute approximate surface area is 241 Å². The first-order valence-electron chi connectivity index (χ1n) is 13.2. The Morgan fingerprint density at radius 1 is 1.22 bits per heavy atom. The van der Waals surface area contributed by atoms with Crippen LogP contribution in [0.2, 0.25) is 0 Å². The fourth-order valence-corrected chi connectivity index (χ4v) is 5.82. The topological polar surface area (TPSA) is 94.1 Å². The van der Waals surface area contributed by atoms with E-state index in [1.54, 1.807) is 0 Å². The van der Waals surface area contributed by atoms with Crippen LogP contribution in [0.3, 0.4) is 0 Å². The van der Waals surface area contributed by atoms with Gasteiger partial charge < -0.3 is 20.3 Å². The molecule has 3 aromatic rings. The number of benzene rings is 1. The number of nitrogens with zero attached hydrogens (tertiary/aromatic N) is 3. The first-order chi connectivity index (χ1) is 17.4. The molecule has 4 heterocycles. The minimum absolute atomic E-state index is 0. The molecule has 8 heteroatoms. The zero-order chi connectivity index (χ0) is 25.1. The van der Waals surface area contributed by atoms with Crippen LogP contribution in [0.5, 0.6) is 0 Å². The van der Waals surface area contributed by atoms with E-state index >= 15 is 0 Å². The quantitative estimate of drug-likeness (QED) is 0.371. The minimum atomic E-state index is -0.748. The fourth-order valence-electron chi connectivity index (χ4n) is 5.82. The van der Waals surface area contributed by atoms with Gasteiger partial charge in [-0.1, -0.05) is 24.3 Å². The summed E-state index contributed by atoms with van der Waals surface area (Å²) in [4.78, 5) is 26.9. The van der Waals surface area contributed by atoms with E-state index < -0.39 is 5.97 Å². The number of carboxylic acids is 1. The van der Waals surface area contributed by atoms with Crippen molar-refractivity contribution < 1.29 is 9.90 Å². The molecule has 0 saturated carbocycles. The number of aryl methyl sites for hydroxylation is 4. The average Bonchev–Trinajstić information content (AvgIpc) is 3.47. The number of anilines is 1. The van der Waals surface area contributed by atoms with Gasteiger partial charge in [0.15, 0.2) is 0 Å². The summed E-state index contributed by atoms with van der Waals surface area (Å²) in [5, 5.41) is 13.1. The molecule has 2 aromatic heterocycles. The molecule has 0 aliphatic carbocycles. The summed E-state index contributed by atoms with van der Waals surface area (Å²) in [6.45, 7) is 7.80. The predicted molar refractivity (Wildman–Crippen MR) is 150 cm³/mol. The summed E-state index contributed by atoms with van der Waals surface area (Å²) in [6.07, 6.45) is 5.72. The van der Waals surface area contributed by atoms with E-state index in [9.17, 15) is 9.90 Å². The first kappa shape index (κ1) is 27.8. The maximum absolute atomic E-state index is 11.7. The van der Waals surface area contributed by atoms with Crippen molar-refractivity contribution in [3.63, 3.8) is 0 Å². The molecule has 1 fully saturated rings. The summed E-state index contributed by atoms with van der Waals surface area (Å²) < 4.78 is 0. The van der Waals surface area contributed by atoms with Crippen molar-refractivity contribution in [2.45, 2.75) is 58.3 Å². The molecule has 1 saturated heterocycles. The number of aromatic nitrogens is 3. The van der Waals surface area contributed by atoms with Crippen molar-refractivity contribution >= 4 is 41.3 Å². The Kier molecular flexibility index (Phi) is 9.46. The summed E-state index contributed by atoms with van der Waals surface area (Å²) in [5.41, 5.74) is 6.62. The predicted octanol–water partition coefficient (Wildman–Crippen LogP) is 4.31. The van der Waals surface area contributed by atoms with Crippen LogP contribution in [0.25, 0.3) is 11.3 Å². The normalized spacial score (nSPS) is 18.1. The van der Waals surface area contributed by atoms with Crippen LogP contribution < -0.4 is 5.32 Å². The molecule has 2 aliphatic rings. The third-order valence-corrected chi connectivity index (χ3v) is 7.68. The fraction of sp³-hybridized carbons (Fsp3) is 0.483. The zero-order valence-corrected chi connectivity index (χ0v) is 21.4. The van der Waals surface area contributed by atoms with Crippen LogP contribution in [-0.4, -0.2) is 86.7 Å². The van der Waals surface area contributed by atoms with E-state index in [0.717, 1.165) is 86.0 Å². The number of hydrogen-bond acceptors (Lipinski definition) is 5. The molecule has 0 amide bonds. The van der Waals surface area contributed by atoms with Gasteiger partial charge >= 0.3 is 35.5 Å².